The van der Waals surface area contributed by atoms with Crippen molar-refractivity contribution in [1.82, 2.24) is 49.1 Å². The Morgan fingerprint density at radius 3 is 2.27 bits per heavy atom. The molecule has 2 bridgehead atoms. The first kappa shape index (κ1) is 44.7. The number of aromatic nitrogens is 10. The maximum Gasteiger partial charge on any atom is 1.00 e. The molecule has 0 fully saturated rings. The van der Waals surface area contributed by atoms with Gasteiger partial charge < -0.3 is 27.1 Å². The second-order valence-electron chi connectivity index (χ2n) is 14.0. The van der Waals surface area contributed by atoms with Crippen LogP contribution in [0.5, 0.6) is 23.3 Å². The molecule has 8 aromatic rings. The van der Waals surface area contributed by atoms with E-state index in [1.807, 2.05) is 0 Å². The third-order valence-corrected chi connectivity index (χ3v) is 10.5. The number of nitrogens with one attached hydrogen (secondary N) is 1. The number of H-pyrrole nitrogens is 1. The summed E-state index contributed by atoms with van der Waals surface area (Å²) in [4.78, 5) is 20.5. The van der Waals surface area contributed by atoms with Crippen molar-refractivity contribution in [3.8, 4) is 69.0 Å². The fraction of sp³-hybridized carbons (Fsp3) is 0.143. The van der Waals surface area contributed by atoms with Crippen LogP contribution in [0.25, 0.3) is 33.6 Å². The molecule has 0 aliphatic carbocycles. The summed E-state index contributed by atoms with van der Waals surface area (Å²) in [5.74, 6) is 0.454. The van der Waals surface area contributed by atoms with Gasteiger partial charge in [0.2, 0.25) is 11.8 Å². The van der Waals surface area contributed by atoms with Gasteiger partial charge in [-0.1, -0.05) is 0 Å². The van der Waals surface area contributed by atoms with Crippen molar-refractivity contribution in [1.29, 1.82) is 10.5 Å². The number of hydrogen-bond acceptors (Lipinski definition) is 13. The fourth-order valence-corrected chi connectivity index (χ4v) is 7.63. The number of aromatic amines is 1. The van der Waals surface area contributed by atoms with Crippen molar-refractivity contribution in [2.24, 2.45) is 14.1 Å². The molecular formula is C42H34BrF2N14NaO4. The van der Waals surface area contributed by atoms with E-state index in [9.17, 15) is 24.1 Å². The zero-order valence-corrected chi connectivity index (χ0v) is 38.2. The van der Waals surface area contributed by atoms with E-state index >= 15 is 0 Å². The fourth-order valence-electron chi connectivity index (χ4n) is 6.97. The quantitative estimate of drug-likeness (QED) is 0.206. The molecule has 7 heterocycles. The molecule has 1 aliphatic rings. The van der Waals surface area contributed by atoms with Gasteiger partial charge in [-0.2, -0.15) is 20.7 Å². The minimum Gasteiger partial charge on any atom is -1.00 e. The Kier molecular flexibility index (Phi) is 12.7. The van der Waals surface area contributed by atoms with E-state index in [-0.39, 0.29) is 65.5 Å². The number of ether oxygens (including phenoxy) is 3. The van der Waals surface area contributed by atoms with E-state index in [0.29, 0.717) is 66.7 Å². The molecular weight excluding hydrogens is 905 g/mol. The van der Waals surface area contributed by atoms with Gasteiger partial charge in [-0.05, 0) is 78.3 Å². The summed E-state index contributed by atoms with van der Waals surface area (Å²) in [6, 6.07) is 18.9. The monoisotopic (exact) mass is 938 g/mol. The number of hydrogen-bond donors (Lipinski definition) is 3. The van der Waals surface area contributed by atoms with Crippen molar-refractivity contribution >= 4 is 27.6 Å². The summed E-state index contributed by atoms with van der Waals surface area (Å²) in [7, 11) is 3.30. The number of nitrogens with zero attached hydrogens (tertiary/aromatic N) is 11. The van der Waals surface area contributed by atoms with Crippen LogP contribution < -0.4 is 60.8 Å². The van der Waals surface area contributed by atoms with Crippen LogP contribution in [0.4, 0.5) is 20.4 Å². The van der Waals surface area contributed by atoms with Gasteiger partial charge in [0.1, 0.15) is 52.0 Å². The largest absolute Gasteiger partial charge is 1.00 e. The van der Waals surface area contributed by atoms with Crippen LogP contribution in [0.1, 0.15) is 50.0 Å². The molecule has 22 heteroatoms. The molecule has 318 valence electrons. The van der Waals surface area contributed by atoms with Crippen molar-refractivity contribution in [3.05, 3.63) is 135 Å². The first-order valence-electron chi connectivity index (χ1n) is 18.8. The zero-order valence-electron chi connectivity index (χ0n) is 35.6. The number of anilines is 2. The summed E-state index contributed by atoms with van der Waals surface area (Å²) in [6.07, 6.45) is 4.80. The van der Waals surface area contributed by atoms with Crippen molar-refractivity contribution in [2.75, 3.05) is 11.5 Å². The maximum atomic E-state index is 14.1. The van der Waals surface area contributed by atoms with E-state index in [2.05, 4.69) is 58.4 Å². The molecule has 0 unspecified atom stereocenters. The third-order valence-electron chi connectivity index (χ3n) is 9.96. The molecule has 0 saturated heterocycles. The Labute approximate surface area is 394 Å². The molecule has 64 heavy (non-hydrogen) atoms. The molecule has 6 aromatic heterocycles. The van der Waals surface area contributed by atoms with E-state index < -0.39 is 23.8 Å². The predicted molar refractivity (Wildman–Crippen MR) is 228 cm³/mol. The predicted octanol–water partition coefficient (Wildman–Crippen LogP) is 4.08. The number of nitrogens with two attached hydrogens (primary N) is 2. The van der Waals surface area contributed by atoms with Gasteiger partial charge in [0.25, 0.3) is 5.56 Å². The normalized spacial score (nSPS) is 13.0. The zero-order chi connectivity index (χ0) is 44.7. The van der Waals surface area contributed by atoms with Crippen LogP contribution >= 0.6 is 15.9 Å². The summed E-state index contributed by atoms with van der Waals surface area (Å²) in [5.41, 5.74) is 16.5. The van der Waals surface area contributed by atoms with Gasteiger partial charge in [-0.25, -0.2) is 28.1 Å². The third kappa shape index (κ3) is 8.44. The average molecular weight is 940 g/mol. The Balaban J connectivity index is 0.000000209. The Hall–Kier alpha value is -7.30. The number of rotatable bonds is 5. The molecule has 0 radical (unpaired) electrons. The summed E-state index contributed by atoms with van der Waals surface area (Å²) >= 11 is 3.36. The number of aryl methyl sites for hydroxylation is 2. The number of fused-ring (bicyclic) bond motifs is 7. The van der Waals surface area contributed by atoms with Crippen LogP contribution in [0.3, 0.4) is 0 Å². The SMILES string of the molecule is C[C@@H](Oc1cc(-c2c(Br)nn(C)c2C#N)cnc1N)c1cc(F)ccc1-n1[nH]ccc1=O.C[C@H]1Oc2cc(cnc2N)-c2c(nn(C)c2C#N)Oc2ccnn2-c2ccc(F)cc21.[H-].[Na+]. The molecule has 5 N–H and O–H groups in total. The van der Waals surface area contributed by atoms with Gasteiger partial charge in [0.05, 0.1) is 28.7 Å². The van der Waals surface area contributed by atoms with Crippen LogP contribution in [-0.2, 0) is 14.1 Å². The Bertz CT molecular complexity index is 3230. The van der Waals surface area contributed by atoms with Gasteiger partial charge in [-0.3, -0.25) is 19.3 Å². The van der Waals surface area contributed by atoms with E-state index in [0.717, 1.165) is 0 Å². The average Bonchev–Trinajstić information content (AvgIpc) is 4.04. The molecule has 18 nitrogen and oxygen atoms in total. The summed E-state index contributed by atoms with van der Waals surface area (Å²) in [6.45, 7) is 3.48. The van der Waals surface area contributed by atoms with E-state index in [1.165, 1.54) is 73.7 Å². The van der Waals surface area contributed by atoms with Gasteiger partial charge in [0, 0.05) is 67.1 Å². The number of pyridine rings is 2. The molecule has 9 rings (SSSR count). The summed E-state index contributed by atoms with van der Waals surface area (Å²) in [5, 5.41) is 34.9. The number of halogens is 3. The van der Waals surface area contributed by atoms with Crippen molar-refractivity contribution < 1.29 is 54.0 Å². The van der Waals surface area contributed by atoms with Crippen LogP contribution in [0, 0.1) is 34.3 Å². The molecule has 2 atom stereocenters. The molecule has 2 aromatic carbocycles. The topological polar surface area (TPSA) is 244 Å². The van der Waals surface area contributed by atoms with Crippen molar-refractivity contribution in [3.63, 3.8) is 0 Å². The number of nitriles is 2. The second-order valence-corrected chi connectivity index (χ2v) is 14.7. The molecule has 0 amide bonds. The maximum absolute atomic E-state index is 14.1. The first-order chi connectivity index (χ1) is 30.3. The Morgan fingerprint density at radius 1 is 0.906 bits per heavy atom. The van der Waals surface area contributed by atoms with Crippen molar-refractivity contribution in [2.45, 2.75) is 26.1 Å². The van der Waals surface area contributed by atoms with Crippen LogP contribution in [0.15, 0.2) is 94.8 Å². The minimum atomic E-state index is -0.692. The molecule has 0 spiro atoms. The van der Waals surface area contributed by atoms with Crippen LogP contribution in [-0.4, -0.2) is 49.1 Å². The van der Waals surface area contributed by atoms with Gasteiger partial charge in [0.15, 0.2) is 23.1 Å². The minimum absolute atomic E-state index is 0. The van der Waals surface area contributed by atoms with Gasteiger partial charge >= 0.3 is 29.6 Å². The van der Waals surface area contributed by atoms with Crippen LogP contribution in [0.2, 0.25) is 0 Å². The number of benzene rings is 2. The van der Waals surface area contributed by atoms with E-state index in [1.54, 1.807) is 58.4 Å². The smallest absolute Gasteiger partial charge is 1.00 e. The summed E-state index contributed by atoms with van der Waals surface area (Å²) < 4.78 is 52.5. The Morgan fingerprint density at radius 2 is 1.56 bits per heavy atom. The first-order valence-corrected chi connectivity index (χ1v) is 19.6. The molecule has 1 aliphatic heterocycles. The standard InChI is InChI=1S/C21H17BrFN7O2.C21H16FN7O2.Na.H/c1-11(14-8-13(23)3-4-15(14)30-18(31)5-6-27-30)32-17-7-12(10-26-21(17)25)19-16(9-24)29(2)28-20(19)22;1-11-14-8-13(22)3-4-15(14)29-18(5-6-26-29)31-21-19(16(9-23)28(2)27-21)12-7-17(30-11)20(24)25-10-12;;/h3-8,10-11,27H,1-2H3,(H2,25,26);3-8,10-11H,1-2H3,(H2,24,25);;/q;;+1;-1/t2*11-;;/m11../s1. The second kappa shape index (κ2) is 18.2. The van der Waals surface area contributed by atoms with Gasteiger partial charge in [-0.15, -0.1) is 5.10 Å². The number of nitrogen functional groups attached to an aromatic ring is 2. The van der Waals surface area contributed by atoms with E-state index in [4.69, 9.17) is 25.7 Å². The molecule has 0 saturated carbocycles.